The molecular weight excluding hydrogens is 646 g/mol. The lowest BCUT2D eigenvalue weighted by atomic mass is 10.1. The topological polar surface area (TPSA) is 309 Å². The van der Waals surface area contributed by atoms with E-state index in [4.69, 9.17) is 39.0 Å². The summed E-state index contributed by atoms with van der Waals surface area (Å²) in [5, 5.41) is 22.3. The zero-order chi connectivity index (χ0) is 31.8. The molecule has 22 nitrogen and oxygen atoms in total. The SMILES string of the molecule is CP1(=O)OCC2OC(n3cnc4c(N)ncnc43)C(O)C2OP(=O)(O)OCC2OC(n3cnc4c(=O)[nH]c(N)nc43)C(O1)C2O. The molecule has 0 radical (unpaired) electrons. The first-order chi connectivity index (χ1) is 21.3. The van der Waals surface area contributed by atoms with Gasteiger partial charge in [0.25, 0.3) is 5.56 Å². The Morgan fingerprint density at radius 1 is 0.889 bits per heavy atom. The minimum atomic E-state index is -5.00. The van der Waals surface area contributed by atoms with Crippen LogP contribution in [0.1, 0.15) is 12.5 Å². The standard InChI is InChI=1S/C21H26N10O12P2/c1-44(35)38-3-8-13(12(33)19(41-8)30-5-26-9-15(22)24-4-25-16(9)30)43-45(36,37)39-2-7-11(32)14(42-44)20(40-7)31-6-27-10-17(31)28-21(23)29-18(10)34/h4-8,11-14,19-20,32-33H,2-3H2,1H3,(H,36,37)(H2,22,24,25)(H3,23,28,29,34). The summed E-state index contributed by atoms with van der Waals surface area (Å²) in [6.07, 6.45) is -7.93. The van der Waals surface area contributed by atoms with Gasteiger partial charge < -0.3 is 40.6 Å². The normalized spacial score (nSPS) is 37.7. The monoisotopic (exact) mass is 672 g/mol. The molecule has 24 heteroatoms. The van der Waals surface area contributed by atoms with Gasteiger partial charge in [0.2, 0.25) is 5.95 Å². The van der Waals surface area contributed by atoms with Crippen molar-refractivity contribution in [1.82, 2.24) is 39.0 Å². The van der Waals surface area contributed by atoms with Gasteiger partial charge in [0, 0.05) is 6.66 Å². The van der Waals surface area contributed by atoms with Crippen molar-refractivity contribution in [1.29, 1.82) is 0 Å². The molecule has 7 heterocycles. The quantitative estimate of drug-likeness (QED) is 0.130. The lowest BCUT2D eigenvalue weighted by Crippen LogP contribution is -2.36. The Morgan fingerprint density at radius 3 is 2.36 bits per heavy atom. The van der Waals surface area contributed by atoms with Crippen molar-refractivity contribution in [2.75, 3.05) is 31.3 Å². The number of aliphatic hydroxyl groups is 2. The van der Waals surface area contributed by atoms with E-state index < -0.39 is 83.3 Å². The maximum atomic E-state index is 13.6. The highest BCUT2D eigenvalue weighted by atomic mass is 31.2. The molecule has 8 N–H and O–H groups in total. The molecule has 3 aliphatic heterocycles. The van der Waals surface area contributed by atoms with Gasteiger partial charge in [-0.2, -0.15) is 4.98 Å². The molecule has 0 amide bonds. The highest BCUT2D eigenvalue weighted by Crippen LogP contribution is 2.54. The molecule has 7 rings (SSSR count). The summed E-state index contributed by atoms with van der Waals surface area (Å²) >= 11 is 0. The van der Waals surface area contributed by atoms with E-state index in [1.54, 1.807) is 0 Å². The van der Waals surface area contributed by atoms with Crippen molar-refractivity contribution >= 4 is 49.5 Å². The van der Waals surface area contributed by atoms with Crippen LogP contribution < -0.4 is 17.0 Å². The van der Waals surface area contributed by atoms with Crippen LogP contribution in [0.5, 0.6) is 0 Å². The number of phosphoric ester groups is 1. The molecule has 45 heavy (non-hydrogen) atoms. The Kier molecular flexibility index (Phi) is 7.30. The molecule has 3 aliphatic rings. The highest BCUT2D eigenvalue weighted by Gasteiger charge is 2.53. The summed E-state index contributed by atoms with van der Waals surface area (Å²) in [5.41, 5.74) is 11.1. The van der Waals surface area contributed by atoms with Crippen LogP contribution in [0, 0.1) is 0 Å². The predicted octanol–water partition coefficient (Wildman–Crippen LogP) is -1.62. The maximum Gasteiger partial charge on any atom is 0.472 e. The second kappa shape index (κ2) is 10.9. The smallest absolute Gasteiger partial charge is 0.387 e. The van der Waals surface area contributed by atoms with Gasteiger partial charge in [-0.05, 0) is 0 Å². The van der Waals surface area contributed by atoms with E-state index in [1.165, 1.54) is 28.1 Å². The Labute approximate surface area is 250 Å². The molecule has 3 saturated heterocycles. The molecule has 4 aromatic rings. The van der Waals surface area contributed by atoms with Crippen LogP contribution in [-0.4, -0.2) is 111 Å². The Bertz CT molecular complexity index is 1940. The third-order valence-corrected chi connectivity index (χ3v) is 9.68. The minimum Gasteiger partial charge on any atom is -0.387 e. The van der Waals surface area contributed by atoms with E-state index in [-0.39, 0.29) is 34.1 Å². The summed E-state index contributed by atoms with van der Waals surface area (Å²) in [6.45, 7) is -0.204. The number of nitrogens with two attached hydrogens (primary N) is 2. The summed E-state index contributed by atoms with van der Waals surface area (Å²) < 4.78 is 63.0. The maximum absolute atomic E-state index is 13.6. The number of rotatable bonds is 2. The predicted molar refractivity (Wildman–Crippen MR) is 147 cm³/mol. The molecule has 0 aliphatic carbocycles. The Morgan fingerprint density at radius 2 is 1.58 bits per heavy atom. The number of hydrogen-bond acceptors (Lipinski definition) is 18. The van der Waals surface area contributed by atoms with E-state index in [0.717, 1.165) is 6.66 Å². The van der Waals surface area contributed by atoms with Crippen LogP contribution in [0.4, 0.5) is 11.8 Å². The molecule has 2 bridgehead atoms. The van der Waals surface area contributed by atoms with Crippen LogP contribution in [0.25, 0.3) is 22.3 Å². The summed E-state index contributed by atoms with van der Waals surface area (Å²) in [6, 6.07) is 0. The fourth-order valence-corrected chi connectivity index (χ4v) is 7.52. The second-order valence-corrected chi connectivity index (χ2v) is 13.9. The van der Waals surface area contributed by atoms with Crippen molar-refractivity contribution < 1.29 is 51.8 Å². The molecule has 0 spiro atoms. The van der Waals surface area contributed by atoms with Crippen LogP contribution >= 0.6 is 15.4 Å². The average molecular weight is 672 g/mol. The second-order valence-electron chi connectivity index (χ2n) is 10.4. The van der Waals surface area contributed by atoms with Crippen molar-refractivity contribution in [2.45, 2.75) is 49.1 Å². The van der Waals surface area contributed by atoms with Crippen LogP contribution in [0.2, 0.25) is 0 Å². The lowest BCUT2D eigenvalue weighted by Gasteiger charge is -2.26. The zero-order valence-corrected chi connectivity index (χ0v) is 24.7. The van der Waals surface area contributed by atoms with E-state index in [2.05, 4.69) is 29.9 Å². The number of aromatic nitrogens is 8. The number of nitrogens with one attached hydrogen (secondary N) is 1. The molecule has 10 unspecified atom stereocenters. The average Bonchev–Trinajstić information content (AvgIpc) is 3.72. The molecule has 0 saturated carbocycles. The first kappa shape index (κ1) is 30.3. The van der Waals surface area contributed by atoms with Gasteiger partial charge in [-0.1, -0.05) is 0 Å². The largest absolute Gasteiger partial charge is 0.472 e. The van der Waals surface area contributed by atoms with Gasteiger partial charge >= 0.3 is 15.4 Å². The number of H-pyrrole nitrogens is 1. The number of nitrogens with zero attached hydrogens (tertiary/aromatic N) is 7. The Balaban J connectivity index is 1.21. The number of ether oxygens (including phenoxy) is 2. The summed E-state index contributed by atoms with van der Waals surface area (Å²) in [5.74, 6) is -0.167. The first-order valence-corrected chi connectivity index (χ1v) is 16.7. The van der Waals surface area contributed by atoms with Crippen LogP contribution in [-0.2, 0) is 36.7 Å². The number of hydrogen-bond donors (Lipinski definition) is 6. The lowest BCUT2D eigenvalue weighted by molar-refractivity contribution is -0.0628. The fraction of sp³-hybridized carbons (Fsp3) is 0.524. The molecule has 4 aromatic heterocycles. The molecule has 3 fully saturated rings. The van der Waals surface area contributed by atoms with Crippen molar-refractivity contribution in [3.8, 4) is 0 Å². The number of aliphatic hydroxyl groups excluding tert-OH is 2. The number of fused-ring (bicyclic) bond motifs is 5. The van der Waals surface area contributed by atoms with Gasteiger partial charge in [0.1, 0.15) is 48.5 Å². The molecule has 10 atom stereocenters. The number of imidazole rings is 2. The number of anilines is 2. The van der Waals surface area contributed by atoms with Gasteiger partial charge in [0.15, 0.2) is 35.1 Å². The zero-order valence-electron chi connectivity index (χ0n) is 23.0. The van der Waals surface area contributed by atoms with Gasteiger partial charge in [-0.3, -0.25) is 37.0 Å². The Hall–Kier alpha value is -3.40. The minimum absolute atomic E-state index is 0.0472. The number of phosphoric acid groups is 1. The molecule has 242 valence electrons. The van der Waals surface area contributed by atoms with Gasteiger partial charge in [-0.25, -0.2) is 24.5 Å². The first-order valence-electron chi connectivity index (χ1n) is 13.2. The van der Waals surface area contributed by atoms with Crippen molar-refractivity contribution in [3.05, 3.63) is 29.3 Å². The molecular formula is C21H26N10O12P2. The fourth-order valence-electron chi connectivity index (χ4n) is 5.40. The number of nitrogen functional groups attached to an aromatic ring is 2. The third kappa shape index (κ3) is 5.32. The van der Waals surface area contributed by atoms with Crippen molar-refractivity contribution in [2.24, 2.45) is 0 Å². The molecule has 0 aromatic carbocycles. The van der Waals surface area contributed by atoms with Crippen LogP contribution in [0.3, 0.4) is 0 Å². The van der Waals surface area contributed by atoms with E-state index in [0.29, 0.717) is 0 Å². The van der Waals surface area contributed by atoms with Gasteiger partial charge in [-0.15, -0.1) is 0 Å². The van der Waals surface area contributed by atoms with E-state index >= 15 is 0 Å². The van der Waals surface area contributed by atoms with Gasteiger partial charge in [0.05, 0.1) is 25.9 Å². The number of aromatic amines is 1. The summed E-state index contributed by atoms with van der Waals surface area (Å²) in [7, 11) is -9.12. The van der Waals surface area contributed by atoms with E-state index in [1.807, 2.05) is 0 Å². The third-order valence-electron chi connectivity index (χ3n) is 7.45. The van der Waals surface area contributed by atoms with Crippen molar-refractivity contribution in [3.63, 3.8) is 0 Å². The summed E-state index contributed by atoms with van der Waals surface area (Å²) in [4.78, 5) is 45.5. The highest BCUT2D eigenvalue weighted by molar-refractivity contribution is 7.53. The van der Waals surface area contributed by atoms with E-state index in [9.17, 15) is 29.0 Å². The van der Waals surface area contributed by atoms with Crippen LogP contribution in [0.15, 0.2) is 23.8 Å².